The Kier molecular flexibility index (Phi) is 7.51. The van der Waals surface area contributed by atoms with Gasteiger partial charge in [-0.2, -0.15) is 0 Å². The van der Waals surface area contributed by atoms with Crippen LogP contribution in [0.5, 0.6) is 0 Å². The Morgan fingerprint density at radius 3 is 2.31 bits per heavy atom. The molecule has 0 amide bonds. The summed E-state index contributed by atoms with van der Waals surface area (Å²) in [6, 6.07) is 0. The van der Waals surface area contributed by atoms with Crippen LogP contribution in [0.15, 0.2) is 0 Å². The lowest BCUT2D eigenvalue weighted by Gasteiger charge is -2.03. The molecule has 0 unspecified atom stereocenters. The molecule has 80 valence electrons. The lowest BCUT2D eigenvalue weighted by atomic mass is 10.2. The highest BCUT2D eigenvalue weighted by Gasteiger charge is 2.14. The topological polar surface area (TPSA) is 76.0 Å². The summed E-state index contributed by atoms with van der Waals surface area (Å²) in [5, 5.41) is 0. The molecule has 0 radical (unpaired) electrons. The summed E-state index contributed by atoms with van der Waals surface area (Å²) in [6.07, 6.45) is 5.23. The molecular weight excluding hydrogens is 195 g/mol. The van der Waals surface area contributed by atoms with Crippen LogP contribution in [0.25, 0.3) is 0 Å². The monoisotopic (exact) mass is 212 g/mol. The van der Waals surface area contributed by atoms with Gasteiger partial charge in [-0.1, -0.05) is 32.6 Å². The van der Waals surface area contributed by atoms with Crippen molar-refractivity contribution in [2.45, 2.75) is 39.0 Å². The van der Waals surface area contributed by atoms with Gasteiger partial charge in [0.15, 0.2) is 0 Å². The van der Waals surface area contributed by atoms with Crippen LogP contribution >= 0.6 is 7.82 Å². The van der Waals surface area contributed by atoms with Crippen molar-refractivity contribution in [3.05, 3.63) is 0 Å². The van der Waals surface area contributed by atoms with Crippen LogP contribution in [0.4, 0.5) is 0 Å². The van der Waals surface area contributed by atoms with Gasteiger partial charge in [-0.3, -0.25) is 0 Å². The molecule has 0 aliphatic rings. The molecule has 0 saturated heterocycles. The molecule has 0 atom stereocenters. The van der Waals surface area contributed by atoms with Gasteiger partial charge in [0.25, 0.3) is 0 Å². The Hall–Kier alpha value is 0.0700. The average molecular weight is 212 g/mol. The van der Waals surface area contributed by atoms with Crippen LogP contribution in [0, 0.1) is 0 Å². The van der Waals surface area contributed by atoms with Gasteiger partial charge >= 0.3 is 7.82 Å². The molecular formula is C7H17O5P. The molecule has 0 aliphatic heterocycles. The van der Waals surface area contributed by atoms with Gasteiger partial charge in [-0.25, -0.2) is 9.45 Å². The van der Waals surface area contributed by atoms with Gasteiger partial charge in [0.2, 0.25) is 0 Å². The Morgan fingerprint density at radius 2 is 1.77 bits per heavy atom. The predicted octanol–water partition coefficient (Wildman–Crippen LogP) is 2.00. The molecule has 0 aliphatic carbocycles. The van der Waals surface area contributed by atoms with Crippen molar-refractivity contribution >= 4 is 7.82 Å². The highest BCUT2D eigenvalue weighted by atomic mass is 31.2. The molecule has 0 aromatic carbocycles. The summed E-state index contributed by atoms with van der Waals surface area (Å²) in [5.41, 5.74) is 0. The zero-order valence-electron chi connectivity index (χ0n) is 7.81. The second-order valence-electron chi connectivity index (χ2n) is 2.80. The Morgan fingerprint density at radius 1 is 1.15 bits per heavy atom. The number of rotatable bonds is 8. The van der Waals surface area contributed by atoms with Crippen LogP contribution in [0.1, 0.15) is 39.0 Å². The third-order valence-corrected chi connectivity index (χ3v) is 1.78. The fourth-order valence-electron chi connectivity index (χ4n) is 0.870. The van der Waals surface area contributed by atoms with Crippen molar-refractivity contribution in [1.29, 1.82) is 0 Å². The van der Waals surface area contributed by atoms with Crippen molar-refractivity contribution < 1.29 is 23.9 Å². The second kappa shape index (κ2) is 7.47. The maximum Gasteiger partial charge on any atom is 0.496 e. The van der Waals surface area contributed by atoms with Crippen LogP contribution in [0.3, 0.4) is 0 Å². The third-order valence-electron chi connectivity index (χ3n) is 1.48. The molecule has 0 bridgehead atoms. The van der Waals surface area contributed by atoms with E-state index in [1.165, 1.54) is 12.8 Å². The van der Waals surface area contributed by atoms with E-state index in [9.17, 15) is 4.57 Å². The normalized spacial score (nSPS) is 11.9. The van der Waals surface area contributed by atoms with E-state index in [4.69, 9.17) is 9.79 Å². The zero-order chi connectivity index (χ0) is 10.2. The van der Waals surface area contributed by atoms with E-state index in [2.05, 4.69) is 16.5 Å². The van der Waals surface area contributed by atoms with Gasteiger partial charge in [0.1, 0.15) is 0 Å². The van der Waals surface area contributed by atoms with E-state index in [1.807, 2.05) is 0 Å². The number of phosphoric acid groups is 1. The molecule has 6 heteroatoms. The fraction of sp³-hybridized carbons (Fsp3) is 1.00. The van der Waals surface area contributed by atoms with E-state index in [1.54, 1.807) is 0 Å². The fourth-order valence-corrected chi connectivity index (χ4v) is 1.08. The van der Waals surface area contributed by atoms with Crippen LogP contribution in [-0.4, -0.2) is 16.4 Å². The molecule has 0 heterocycles. The van der Waals surface area contributed by atoms with Crippen molar-refractivity contribution in [1.82, 2.24) is 0 Å². The molecule has 0 rings (SSSR count). The summed E-state index contributed by atoms with van der Waals surface area (Å²) < 4.78 is 13.9. The highest BCUT2D eigenvalue weighted by Crippen LogP contribution is 2.35. The lowest BCUT2D eigenvalue weighted by molar-refractivity contribution is -0.222. The van der Waals surface area contributed by atoms with E-state index in [0.29, 0.717) is 0 Å². The molecule has 0 saturated carbocycles. The van der Waals surface area contributed by atoms with Crippen LogP contribution in [-0.2, 0) is 14.1 Å². The van der Waals surface area contributed by atoms with E-state index < -0.39 is 7.82 Å². The van der Waals surface area contributed by atoms with Crippen molar-refractivity contribution in [3.8, 4) is 0 Å². The van der Waals surface area contributed by atoms with Crippen molar-refractivity contribution in [3.63, 3.8) is 0 Å². The Balaban J connectivity index is 3.04. The summed E-state index contributed by atoms with van der Waals surface area (Å²) in [4.78, 5) is 20.8. The third kappa shape index (κ3) is 12.1. The number of unbranched alkanes of at least 4 members (excludes halogenated alkanes) is 4. The van der Waals surface area contributed by atoms with Crippen molar-refractivity contribution in [2.75, 3.05) is 6.61 Å². The second-order valence-corrected chi connectivity index (χ2v) is 3.93. The predicted molar refractivity (Wildman–Crippen MR) is 47.8 cm³/mol. The maximum absolute atomic E-state index is 10.1. The lowest BCUT2D eigenvalue weighted by Crippen LogP contribution is -1.95. The van der Waals surface area contributed by atoms with Gasteiger partial charge in [0.05, 0.1) is 6.61 Å². The molecule has 13 heavy (non-hydrogen) atoms. The minimum Gasteiger partial charge on any atom is -0.301 e. The standard InChI is InChI=1S/C7H17O5P/c1-2-3-4-5-6-7-11-12-13(8,9)10/h2-7H2,1H3,(H2,8,9,10). The quantitative estimate of drug-likeness (QED) is 0.278. The first-order valence-electron chi connectivity index (χ1n) is 4.43. The van der Waals surface area contributed by atoms with Crippen LogP contribution in [0.2, 0.25) is 0 Å². The van der Waals surface area contributed by atoms with Gasteiger partial charge < -0.3 is 9.79 Å². The first-order chi connectivity index (χ1) is 6.06. The number of hydrogen-bond donors (Lipinski definition) is 2. The van der Waals surface area contributed by atoms with Gasteiger partial charge in [0, 0.05) is 0 Å². The Bertz CT molecular complexity index is 155. The average Bonchev–Trinajstić information content (AvgIpc) is 2.01. The number of hydrogen-bond acceptors (Lipinski definition) is 3. The van der Waals surface area contributed by atoms with Crippen molar-refractivity contribution in [2.24, 2.45) is 0 Å². The highest BCUT2D eigenvalue weighted by molar-refractivity contribution is 7.46. The van der Waals surface area contributed by atoms with Gasteiger partial charge in [-0.05, 0) is 6.42 Å². The van der Waals surface area contributed by atoms with E-state index >= 15 is 0 Å². The van der Waals surface area contributed by atoms with E-state index in [-0.39, 0.29) is 6.61 Å². The molecule has 0 spiro atoms. The first-order valence-corrected chi connectivity index (χ1v) is 5.96. The summed E-state index contributed by atoms with van der Waals surface area (Å²) in [5.74, 6) is 0. The molecule has 5 nitrogen and oxygen atoms in total. The minimum atomic E-state index is -4.45. The summed E-state index contributed by atoms with van der Waals surface area (Å²) >= 11 is 0. The minimum absolute atomic E-state index is 0.231. The largest absolute Gasteiger partial charge is 0.496 e. The maximum atomic E-state index is 10.1. The van der Waals surface area contributed by atoms with E-state index in [0.717, 1.165) is 19.3 Å². The first kappa shape index (κ1) is 13.1. The summed E-state index contributed by atoms with van der Waals surface area (Å²) in [6.45, 7) is 2.35. The molecule has 0 aromatic heterocycles. The SMILES string of the molecule is CCCCCCCOOP(=O)(O)O. The van der Waals surface area contributed by atoms with Gasteiger partial charge in [-0.15, -0.1) is 4.67 Å². The molecule has 2 N–H and O–H groups in total. The summed E-state index contributed by atoms with van der Waals surface area (Å²) in [7, 11) is -4.45. The Labute approximate surface area is 78.2 Å². The smallest absolute Gasteiger partial charge is 0.301 e. The zero-order valence-corrected chi connectivity index (χ0v) is 8.70. The molecule has 0 fully saturated rings. The van der Waals surface area contributed by atoms with Crippen LogP contribution < -0.4 is 0 Å². The molecule has 0 aromatic rings.